The first-order chi connectivity index (χ1) is 12.1. The first-order valence-electron chi connectivity index (χ1n) is 9.28. The Labute approximate surface area is 179 Å². The second kappa shape index (κ2) is 12.8. The van der Waals surface area contributed by atoms with Gasteiger partial charge in [-0.25, -0.2) is 4.98 Å². The number of nitrogens with zero attached hydrogens (tertiary/aromatic N) is 3. The van der Waals surface area contributed by atoms with Crippen LogP contribution in [0.5, 0.6) is 0 Å². The molecule has 0 unspecified atom stereocenters. The number of aliphatic imine (C=N–C) groups is 1. The van der Waals surface area contributed by atoms with Gasteiger partial charge < -0.3 is 15.1 Å². The topological polar surface area (TPSA) is 65.7 Å². The molecule has 6 nitrogen and oxygen atoms in total. The molecule has 0 atom stereocenters. The zero-order valence-electron chi connectivity index (χ0n) is 16.5. The number of hydrogen-bond donors (Lipinski definition) is 2. The van der Waals surface area contributed by atoms with E-state index in [1.54, 1.807) is 0 Å². The van der Waals surface area contributed by atoms with Gasteiger partial charge in [-0.2, -0.15) is 11.8 Å². The molecule has 2 heterocycles. The lowest BCUT2D eigenvalue weighted by Gasteiger charge is -2.30. The maximum absolute atomic E-state index is 5.70. The third-order valence-electron chi connectivity index (χ3n) is 4.59. The van der Waals surface area contributed by atoms with Crippen molar-refractivity contribution >= 4 is 41.7 Å². The summed E-state index contributed by atoms with van der Waals surface area (Å²) in [6.45, 7) is 11.9. The first-order valence-corrected chi connectivity index (χ1v) is 10.7. The standard InChI is InChI=1S/C18H33N5OS.HI/c1-5-19-18(20-8-11-25-4)21-12-16-6-9-23(10-7-16)13-17-22-14(2)15(3)24-17;/h16H,5-13H2,1-4H3,(H2,19,20,21);1H. The maximum atomic E-state index is 5.70. The average Bonchev–Trinajstić information content (AvgIpc) is 2.91. The monoisotopic (exact) mass is 495 g/mol. The minimum Gasteiger partial charge on any atom is -0.444 e. The molecule has 0 radical (unpaired) electrons. The van der Waals surface area contributed by atoms with Gasteiger partial charge in [-0.3, -0.25) is 9.89 Å². The molecule has 0 spiro atoms. The Bertz CT molecular complexity index is 524. The van der Waals surface area contributed by atoms with E-state index in [0.717, 1.165) is 68.3 Å². The summed E-state index contributed by atoms with van der Waals surface area (Å²) in [7, 11) is 0. The highest BCUT2D eigenvalue weighted by Crippen LogP contribution is 2.20. The van der Waals surface area contributed by atoms with Gasteiger partial charge in [0.1, 0.15) is 5.76 Å². The molecule has 1 fully saturated rings. The van der Waals surface area contributed by atoms with Crippen molar-refractivity contribution in [1.82, 2.24) is 20.5 Å². The highest BCUT2D eigenvalue weighted by Gasteiger charge is 2.20. The van der Waals surface area contributed by atoms with Crippen LogP contribution in [0.3, 0.4) is 0 Å². The lowest BCUT2D eigenvalue weighted by atomic mass is 9.97. The fraction of sp³-hybridized carbons (Fsp3) is 0.778. The number of oxazole rings is 1. The van der Waals surface area contributed by atoms with Crippen LogP contribution in [0.15, 0.2) is 9.41 Å². The highest BCUT2D eigenvalue weighted by molar-refractivity contribution is 14.0. The van der Waals surface area contributed by atoms with E-state index in [0.29, 0.717) is 5.92 Å². The van der Waals surface area contributed by atoms with Gasteiger partial charge in [-0.05, 0) is 58.9 Å². The molecule has 0 bridgehead atoms. The molecule has 0 amide bonds. The smallest absolute Gasteiger partial charge is 0.208 e. The van der Waals surface area contributed by atoms with Gasteiger partial charge in [0.05, 0.1) is 12.2 Å². The molecular formula is C18H34IN5OS. The number of halogens is 1. The van der Waals surface area contributed by atoms with Crippen LogP contribution in [0, 0.1) is 19.8 Å². The minimum atomic E-state index is 0. The molecular weight excluding hydrogens is 461 g/mol. The number of nitrogens with one attached hydrogen (secondary N) is 2. The van der Waals surface area contributed by atoms with Gasteiger partial charge in [0, 0.05) is 25.4 Å². The molecule has 2 N–H and O–H groups in total. The molecule has 1 saturated heterocycles. The van der Waals surface area contributed by atoms with Crippen LogP contribution < -0.4 is 10.6 Å². The SMILES string of the molecule is CCNC(=NCC1CCN(Cc2nc(C)c(C)o2)CC1)NCCSC.I. The van der Waals surface area contributed by atoms with Crippen LogP contribution in [-0.2, 0) is 6.54 Å². The summed E-state index contributed by atoms with van der Waals surface area (Å²) in [6.07, 6.45) is 4.50. The molecule has 0 saturated carbocycles. The Morgan fingerprint density at radius 2 is 2.04 bits per heavy atom. The van der Waals surface area contributed by atoms with Gasteiger partial charge in [0.2, 0.25) is 5.89 Å². The van der Waals surface area contributed by atoms with Gasteiger partial charge in [0.15, 0.2) is 5.96 Å². The number of aromatic nitrogens is 1. The maximum Gasteiger partial charge on any atom is 0.208 e. The number of piperidine rings is 1. The molecule has 1 aliphatic heterocycles. The Morgan fingerprint density at radius 1 is 1.31 bits per heavy atom. The van der Waals surface area contributed by atoms with Crippen LogP contribution >= 0.6 is 35.7 Å². The first kappa shape index (κ1) is 23.6. The second-order valence-corrected chi connectivity index (χ2v) is 7.59. The largest absolute Gasteiger partial charge is 0.444 e. The van der Waals surface area contributed by atoms with Gasteiger partial charge >= 0.3 is 0 Å². The van der Waals surface area contributed by atoms with Crippen LogP contribution in [0.25, 0.3) is 0 Å². The summed E-state index contributed by atoms with van der Waals surface area (Å²) >= 11 is 1.85. The van der Waals surface area contributed by atoms with E-state index in [9.17, 15) is 0 Å². The number of guanidine groups is 1. The Kier molecular flexibility index (Phi) is 11.6. The quantitative estimate of drug-likeness (QED) is 0.250. The summed E-state index contributed by atoms with van der Waals surface area (Å²) in [4.78, 5) is 11.7. The van der Waals surface area contributed by atoms with E-state index < -0.39 is 0 Å². The van der Waals surface area contributed by atoms with Gasteiger partial charge in [-0.1, -0.05) is 0 Å². The van der Waals surface area contributed by atoms with E-state index in [2.05, 4.69) is 33.7 Å². The zero-order valence-corrected chi connectivity index (χ0v) is 19.7. The normalized spacial score (nSPS) is 16.4. The molecule has 2 rings (SSSR count). The fourth-order valence-corrected chi connectivity index (χ4v) is 3.27. The molecule has 0 aromatic carbocycles. The van der Waals surface area contributed by atoms with Crippen LogP contribution in [0.2, 0.25) is 0 Å². The number of hydrogen-bond acceptors (Lipinski definition) is 5. The van der Waals surface area contributed by atoms with Crippen molar-refractivity contribution in [3.8, 4) is 0 Å². The second-order valence-electron chi connectivity index (χ2n) is 6.61. The third-order valence-corrected chi connectivity index (χ3v) is 5.20. The average molecular weight is 495 g/mol. The van der Waals surface area contributed by atoms with Crippen molar-refractivity contribution in [2.24, 2.45) is 10.9 Å². The number of thioether (sulfide) groups is 1. The lowest BCUT2D eigenvalue weighted by Crippen LogP contribution is -2.39. The molecule has 8 heteroatoms. The zero-order chi connectivity index (χ0) is 18.1. The predicted molar refractivity (Wildman–Crippen MR) is 122 cm³/mol. The van der Waals surface area contributed by atoms with E-state index in [1.165, 1.54) is 12.8 Å². The molecule has 0 aliphatic carbocycles. The van der Waals surface area contributed by atoms with Crippen LogP contribution in [0.4, 0.5) is 0 Å². The fourth-order valence-electron chi connectivity index (χ4n) is 2.96. The van der Waals surface area contributed by atoms with Crippen molar-refractivity contribution in [2.45, 2.75) is 40.2 Å². The molecule has 1 aromatic heterocycles. The predicted octanol–water partition coefficient (Wildman–Crippen LogP) is 3.04. The molecule has 150 valence electrons. The van der Waals surface area contributed by atoms with Crippen molar-refractivity contribution in [3.63, 3.8) is 0 Å². The van der Waals surface area contributed by atoms with Crippen LogP contribution in [0.1, 0.15) is 37.1 Å². The van der Waals surface area contributed by atoms with E-state index in [-0.39, 0.29) is 24.0 Å². The highest BCUT2D eigenvalue weighted by atomic mass is 127. The van der Waals surface area contributed by atoms with Crippen LogP contribution in [-0.4, -0.2) is 60.6 Å². The summed E-state index contributed by atoms with van der Waals surface area (Å²) in [5, 5.41) is 6.73. The van der Waals surface area contributed by atoms with Crippen molar-refractivity contribution in [2.75, 3.05) is 44.7 Å². The third kappa shape index (κ3) is 8.04. The van der Waals surface area contributed by atoms with E-state index >= 15 is 0 Å². The number of likely N-dealkylation sites (tertiary alicyclic amines) is 1. The Morgan fingerprint density at radius 3 is 2.62 bits per heavy atom. The van der Waals surface area contributed by atoms with E-state index in [4.69, 9.17) is 9.41 Å². The van der Waals surface area contributed by atoms with E-state index in [1.807, 2.05) is 25.6 Å². The summed E-state index contributed by atoms with van der Waals surface area (Å²) < 4.78 is 5.70. The molecule has 26 heavy (non-hydrogen) atoms. The lowest BCUT2D eigenvalue weighted by molar-refractivity contribution is 0.166. The Balaban J connectivity index is 0.00000338. The minimum absolute atomic E-state index is 0. The summed E-state index contributed by atoms with van der Waals surface area (Å²) in [5.41, 5.74) is 1.00. The summed E-state index contributed by atoms with van der Waals surface area (Å²) in [6, 6.07) is 0. The van der Waals surface area contributed by atoms with Crippen molar-refractivity contribution in [3.05, 3.63) is 17.3 Å². The summed E-state index contributed by atoms with van der Waals surface area (Å²) in [5.74, 6) is 4.50. The van der Waals surface area contributed by atoms with Gasteiger partial charge in [-0.15, -0.1) is 24.0 Å². The number of rotatable bonds is 8. The number of aryl methyl sites for hydroxylation is 2. The van der Waals surface area contributed by atoms with Crippen molar-refractivity contribution in [1.29, 1.82) is 0 Å². The molecule has 1 aliphatic rings. The Hall–Kier alpha value is -0.480. The van der Waals surface area contributed by atoms with Gasteiger partial charge in [0.25, 0.3) is 0 Å². The molecule has 1 aromatic rings. The van der Waals surface area contributed by atoms with Crippen molar-refractivity contribution < 1.29 is 4.42 Å².